The predicted molar refractivity (Wildman–Crippen MR) is 78.0 cm³/mol. The minimum Gasteiger partial charge on any atom is -0.464 e. The van der Waals surface area contributed by atoms with Crippen molar-refractivity contribution in [1.82, 2.24) is 9.55 Å². The first-order valence-electron chi connectivity index (χ1n) is 6.02. The molecular formula is C14H14N2O4S. The van der Waals surface area contributed by atoms with Crippen molar-refractivity contribution in [2.75, 3.05) is 20.5 Å². The average Bonchev–Trinajstić information content (AvgIpc) is 2.93. The van der Waals surface area contributed by atoms with E-state index in [2.05, 4.69) is 9.72 Å². The van der Waals surface area contributed by atoms with Gasteiger partial charge < -0.3 is 9.47 Å². The number of hydrogen-bond acceptors (Lipinski definition) is 6. The van der Waals surface area contributed by atoms with Crippen LogP contribution in [0.5, 0.6) is 0 Å². The van der Waals surface area contributed by atoms with Crippen molar-refractivity contribution in [3.8, 4) is 5.69 Å². The van der Waals surface area contributed by atoms with Gasteiger partial charge in [0.1, 0.15) is 0 Å². The van der Waals surface area contributed by atoms with E-state index in [-0.39, 0.29) is 11.4 Å². The minimum absolute atomic E-state index is 0.0555. The Bertz CT molecular complexity index is 667. The van der Waals surface area contributed by atoms with E-state index in [1.54, 1.807) is 4.57 Å². The summed E-state index contributed by atoms with van der Waals surface area (Å²) in [5.74, 6) is -1.33. The van der Waals surface area contributed by atoms with Gasteiger partial charge >= 0.3 is 11.9 Å². The standard InChI is InChI=1S/C14H14N2O4S/c1-19-12(17)10-11(13(18)20-2)16(14(15-10)21-3)9-7-5-4-6-8-9/h4-8H,1-3H3. The lowest BCUT2D eigenvalue weighted by molar-refractivity contribution is 0.0546. The van der Waals surface area contributed by atoms with Crippen molar-refractivity contribution in [2.45, 2.75) is 5.16 Å². The Hall–Kier alpha value is -2.28. The monoisotopic (exact) mass is 306 g/mol. The number of para-hydroxylation sites is 1. The molecule has 0 saturated carbocycles. The van der Waals surface area contributed by atoms with Crippen LogP contribution >= 0.6 is 11.8 Å². The van der Waals surface area contributed by atoms with Gasteiger partial charge in [-0.1, -0.05) is 30.0 Å². The van der Waals surface area contributed by atoms with E-state index in [0.29, 0.717) is 10.8 Å². The Morgan fingerprint density at radius 1 is 1.10 bits per heavy atom. The van der Waals surface area contributed by atoms with Crippen LogP contribution in [-0.4, -0.2) is 42.0 Å². The van der Waals surface area contributed by atoms with Crippen LogP contribution in [0, 0.1) is 0 Å². The first kappa shape index (κ1) is 15.1. The van der Waals surface area contributed by atoms with Crippen LogP contribution in [0.4, 0.5) is 0 Å². The van der Waals surface area contributed by atoms with Crippen LogP contribution in [0.25, 0.3) is 5.69 Å². The van der Waals surface area contributed by atoms with Crippen LogP contribution in [0.15, 0.2) is 35.5 Å². The van der Waals surface area contributed by atoms with Gasteiger partial charge in [-0.3, -0.25) is 4.57 Å². The van der Waals surface area contributed by atoms with Crippen molar-refractivity contribution in [1.29, 1.82) is 0 Å². The smallest absolute Gasteiger partial charge is 0.359 e. The number of rotatable bonds is 4. The molecule has 6 nitrogen and oxygen atoms in total. The molecule has 0 unspecified atom stereocenters. The van der Waals surface area contributed by atoms with E-state index in [4.69, 9.17) is 4.74 Å². The predicted octanol–water partition coefficient (Wildman–Crippen LogP) is 2.17. The maximum Gasteiger partial charge on any atom is 0.359 e. The number of thioether (sulfide) groups is 1. The van der Waals surface area contributed by atoms with E-state index in [9.17, 15) is 9.59 Å². The zero-order valence-corrected chi connectivity index (χ0v) is 12.6. The van der Waals surface area contributed by atoms with E-state index in [1.807, 2.05) is 36.6 Å². The summed E-state index contributed by atoms with van der Waals surface area (Å²) in [5, 5.41) is 0.502. The third-order valence-corrected chi connectivity index (χ3v) is 3.44. The number of methoxy groups -OCH3 is 2. The molecule has 1 aromatic carbocycles. The van der Waals surface area contributed by atoms with Crippen molar-refractivity contribution < 1.29 is 19.1 Å². The SMILES string of the molecule is COC(=O)c1nc(SC)n(-c2ccccc2)c1C(=O)OC. The highest BCUT2D eigenvalue weighted by Gasteiger charge is 2.29. The Labute approximate surface area is 126 Å². The fourth-order valence-corrected chi connectivity index (χ4v) is 2.44. The fraction of sp³-hybridized carbons (Fsp3) is 0.214. The van der Waals surface area contributed by atoms with Crippen molar-refractivity contribution in [3.63, 3.8) is 0 Å². The Morgan fingerprint density at radius 3 is 2.24 bits per heavy atom. The van der Waals surface area contributed by atoms with Crippen LogP contribution in [0.3, 0.4) is 0 Å². The van der Waals surface area contributed by atoms with E-state index in [1.165, 1.54) is 26.0 Å². The highest BCUT2D eigenvalue weighted by atomic mass is 32.2. The first-order valence-corrected chi connectivity index (χ1v) is 7.25. The summed E-state index contributed by atoms with van der Waals surface area (Å²) in [4.78, 5) is 28.1. The highest BCUT2D eigenvalue weighted by Crippen LogP contribution is 2.25. The normalized spacial score (nSPS) is 10.2. The Balaban J connectivity index is 2.75. The summed E-state index contributed by atoms with van der Waals surface area (Å²) in [6, 6.07) is 9.15. The Kier molecular flexibility index (Phi) is 4.64. The second kappa shape index (κ2) is 6.45. The summed E-state index contributed by atoms with van der Waals surface area (Å²) in [7, 11) is 2.49. The molecule has 0 atom stereocenters. The van der Waals surface area contributed by atoms with Gasteiger partial charge in [-0.25, -0.2) is 14.6 Å². The molecule has 1 aromatic heterocycles. The number of carbonyl (C=O) groups excluding carboxylic acids is 2. The molecule has 0 radical (unpaired) electrons. The third kappa shape index (κ3) is 2.78. The highest BCUT2D eigenvalue weighted by molar-refractivity contribution is 7.98. The zero-order chi connectivity index (χ0) is 15.4. The molecule has 21 heavy (non-hydrogen) atoms. The fourth-order valence-electron chi connectivity index (χ4n) is 1.88. The first-order chi connectivity index (χ1) is 10.1. The van der Waals surface area contributed by atoms with Crippen LogP contribution in [-0.2, 0) is 9.47 Å². The zero-order valence-electron chi connectivity index (χ0n) is 11.8. The number of esters is 2. The van der Waals surface area contributed by atoms with Crippen LogP contribution in [0.2, 0.25) is 0 Å². The molecule has 7 heteroatoms. The van der Waals surface area contributed by atoms with Crippen molar-refractivity contribution in [2.24, 2.45) is 0 Å². The number of hydrogen-bond donors (Lipinski definition) is 0. The molecule has 0 aliphatic rings. The number of imidazole rings is 1. The molecule has 0 bridgehead atoms. The Morgan fingerprint density at radius 2 is 1.71 bits per heavy atom. The quantitative estimate of drug-likeness (QED) is 0.637. The molecule has 0 amide bonds. The van der Waals surface area contributed by atoms with Gasteiger partial charge in [-0.05, 0) is 18.4 Å². The minimum atomic E-state index is -0.680. The van der Waals surface area contributed by atoms with Gasteiger partial charge in [0.05, 0.1) is 14.2 Å². The number of carbonyl (C=O) groups is 2. The van der Waals surface area contributed by atoms with E-state index in [0.717, 1.165) is 0 Å². The molecule has 0 aliphatic carbocycles. The van der Waals surface area contributed by atoms with Crippen LogP contribution < -0.4 is 0 Å². The molecule has 0 fully saturated rings. The van der Waals surface area contributed by atoms with Crippen molar-refractivity contribution >= 4 is 23.7 Å². The number of aromatic nitrogens is 2. The third-order valence-electron chi connectivity index (χ3n) is 2.80. The lowest BCUT2D eigenvalue weighted by atomic mass is 10.2. The number of nitrogens with zero attached hydrogens (tertiary/aromatic N) is 2. The molecule has 2 aromatic rings. The summed E-state index contributed by atoms with van der Waals surface area (Å²) < 4.78 is 11.0. The molecule has 0 saturated heterocycles. The summed E-state index contributed by atoms with van der Waals surface area (Å²) in [5.41, 5.74) is 0.711. The molecule has 0 aliphatic heterocycles. The number of benzene rings is 1. The van der Waals surface area contributed by atoms with Gasteiger partial charge in [0.25, 0.3) is 0 Å². The van der Waals surface area contributed by atoms with Crippen LogP contribution in [0.1, 0.15) is 21.0 Å². The summed E-state index contributed by atoms with van der Waals surface area (Å²) in [6.07, 6.45) is 1.81. The molecule has 1 heterocycles. The molecule has 110 valence electrons. The summed E-state index contributed by atoms with van der Waals surface area (Å²) in [6.45, 7) is 0. The summed E-state index contributed by atoms with van der Waals surface area (Å²) >= 11 is 1.32. The topological polar surface area (TPSA) is 70.4 Å². The van der Waals surface area contributed by atoms with Gasteiger partial charge in [-0.2, -0.15) is 0 Å². The molecular weight excluding hydrogens is 292 g/mol. The number of ether oxygens (including phenoxy) is 2. The second-order valence-corrected chi connectivity index (χ2v) is 4.72. The molecule has 0 N–H and O–H groups in total. The van der Waals surface area contributed by atoms with Crippen molar-refractivity contribution in [3.05, 3.63) is 41.7 Å². The average molecular weight is 306 g/mol. The molecule has 2 rings (SSSR count). The second-order valence-electron chi connectivity index (χ2n) is 3.95. The lowest BCUT2D eigenvalue weighted by Gasteiger charge is -2.09. The van der Waals surface area contributed by atoms with Gasteiger partial charge in [0, 0.05) is 5.69 Å². The van der Waals surface area contributed by atoms with Gasteiger partial charge in [0.2, 0.25) is 0 Å². The lowest BCUT2D eigenvalue weighted by Crippen LogP contribution is -2.15. The van der Waals surface area contributed by atoms with Gasteiger partial charge in [0.15, 0.2) is 16.5 Å². The largest absolute Gasteiger partial charge is 0.464 e. The van der Waals surface area contributed by atoms with Gasteiger partial charge in [-0.15, -0.1) is 0 Å². The molecule has 0 spiro atoms. The van der Waals surface area contributed by atoms with E-state index < -0.39 is 11.9 Å². The maximum atomic E-state index is 12.1. The maximum absolute atomic E-state index is 12.1. The van der Waals surface area contributed by atoms with E-state index >= 15 is 0 Å².